The van der Waals surface area contributed by atoms with Gasteiger partial charge in [-0.05, 0) is 37.8 Å². The molecule has 2 aromatic heterocycles. The summed E-state index contributed by atoms with van der Waals surface area (Å²) in [6.45, 7) is 3.28. The maximum Gasteiger partial charge on any atom is 0.257 e. The summed E-state index contributed by atoms with van der Waals surface area (Å²) in [5.41, 5.74) is 1.43. The maximum atomic E-state index is 13.1. The molecule has 0 unspecified atom stereocenters. The Hall–Kier alpha value is -2.41. The molecule has 2 aliphatic heterocycles. The monoisotopic (exact) mass is 342 g/mol. The highest BCUT2D eigenvalue weighted by Gasteiger charge is 2.50. The number of piperidine rings is 2. The number of rotatable bonds is 1. The second-order valence-electron chi connectivity index (χ2n) is 7.09. The van der Waals surface area contributed by atoms with Crippen molar-refractivity contribution in [1.82, 2.24) is 19.8 Å². The maximum absolute atomic E-state index is 13.1. The van der Waals surface area contributed by atoms with Crippen molar-refractivity contribution in [2.24, 2.45) is 5.41 Å². The first-order chi connectivity index (χ1) is 12.0. The molecule has 2 amide bonds. The van der Waals surface area contributed by atoms with Gasteiger partial charge in [0.2, 0.25) is 5.91 Å². The lowest BCUT2D eigenvalue weighted by atomic mass is 9.71. The molecule has 132 valence electrons. The third kappa shape index (κ3) is 2.41. The Morgan fingerprint density at radius 2 is 2.32 bits per heavy atom. The van der Waals surface area contributed by atoms with Gasteiger partial charge >= 0.3 is 0 Å². The zero-order valence-electron chi connectivity index (χ0n) is 14.2. The SMILES string of the molecule is Cc1cccn2ncc(C(=O)N3CC[C@H](O)[C@@]4(CCCNC4=O)C3)c12. The van der Waals surface area contributed by atoms with Gasteiger partial charge in [-0.15, -0.1) is 0 Å². The molecule has 2 saturated heterocycles. The van der Waals surface area contributed by atoms with Crippen LogP contribution in [0.1, 0.15) is 35.2 Å². The van der Waals surface area contributed by atoms with Crippen molar-refractivity contribution in [1.29, 1.82) is 0 Å². The van der Waals surface area contributed by atoms with E-state index in [1.54, 1.807) is 15.6 Å². The first-order valence-corrected chi connectivity index (χ1v) is 8.71. The van der Waals surface area contributed by atoms with E-state index in [9.17, 15) is 14.7 Å². The van der Waals surface area contributed by atoms with Crippen LogP contribution in [-0.2, 0) is 4.79 Å². The molecule has 0 aromatic carbocycles. The van der Waals surface area contributed by atoms with Gasteiger partial charge in [0.25, 0.3) is 5.91 Å². The van der Waals surface area contributed by atoms with E-state index in [1.807, 2.05) is 25.3 Å². The zero-order chi connectivity index (χ0) is 17.6. The second-order valence-corrected chi connectivity index (χ2v) is 7.09. The summed E-state index contributed by atoms with van der Waals surface area (Å²) in [4.78, 5) is 27.3. The molecular weight excluding hydrogens is 320 g/mol. The van der Waals surface area contributed by atoms with Crippen molar-refractivity contribution in [3.05, 3.63) is 35.7 Å². The van der Waals surface area contributed by atoms with Crippen LogP contribution in [0.4, 0.5) is 0 Å². The molecule has 7 heteroatoms. The van der Waals surface area contributed by atoms with Crippen LogP contribution in [0.2, 0.25) is 0 Å². The fraction of sp³-hybridized carbons (Fsp3) is 0.500. The van der Waals surface area contributed by atoms with E-state index in [0.717, 1.165) is 17.5 Å². The number of aliphatic hydroxyl groups is 1. The number of fused-ring (bicyclic) bond motifs is 1. The highest BCUT2D eigenvalue weighted by atomic mass is 16.3. The number of likely N-dealkylation sites (tertiary alicyclic amines) is 1. The number of hydrogen-bond acceptors (Lipinski definition) is 4. The summed E-state index contributed by atoms with van der Waals surface area (Å²) in [5.74, 6) is -0.270. The predicted octanol–water partition coefficient (Wildman–Crippen LogP) is 0.746. The first-order valence-electron chi connectivity index (χ1n) is 8.71. The standard InChI is InChI=1S/C18H22N4O3/c1-12-4-2-8-22-15(12)13(10-20-22)16(24)21-9-5-14(23)18(11-21)6-3-7-19-17(18)25/h2,4,8,10,14,23H,3,5-7,9,11H2,1H3,(H,19,25)/t14-,18+/m0/s1. The van der Waals surface area contributed by atoms with Gasteiger partial charge in [-0.3, -0.25) is 9.59 Å². The summed E-state index contributed by atoms with van der Waals surface area (Å²) >= 11 is 0. The smallest absolute Gasteiger partial charge is 0.257 e. The average Bonchev–Trinajstić information content (AvgIpc) is 3.04. The fourth-order valence-corrected chi connectivity index (χ4v) is 4.16. The third-order valence-electron chi connectivity index (χ3n) is 5.58. The highest BCUT2D eigenvalue weighted by Crippen LogP contribution is 2.38. The Kier molecular flexibility index (Phi) is 3.76. The molecule has 2 aliphatic rings. The average molecular weight is 342 g/mol. The highest BCUT2D eigenvalue weighted by molar-refractivity contribution is 6.01. The molecule has 2 atom stereocenters. The minimum absolute atomic E-state index is 0.131. The van der Waals surface area contributed by atoms with Gasteiger partial charge in [0.1, 0.15) is 0 Å². The Bertz CT molecular complexity index is 846. The quantitative estimate of drug-likeness (QED) is 0.800. The number of carbonyl (C=O) groups excluding carboxylic acids is 2. The first kappa shape index (κ1) is 16.1. The van der Waals surface area contributed by atoms with E-state index in [0.29, 0.717) is 31.5 Å². The molecule has 2 N–H and O–H groups in total. The van der Waals surface area contributed by atoms with Crippen molar-refractivity contribution in [2.75, 3.05) is 19.6 Å². The number of hydrogen-bond donors (Lipinski definition) is 2. The number of aryl methyl sites for hydroxylation is 1. The molecule has 0 radical (unpaired) electrons. The van der Waals surface area contributed by atoms with Crippen molar-refractivity contribution < 1.29 is 14.7 Å². The van der Waals surface area contributed by atoms with Crippen molar-refractivity contribution in [3.63, 3.8) is 0 Å². The van der Waals surface area contributed by atoms with Crippen LogP contribution in [0.25, 0.3) is 5.52 Å². The largest absolute Gasteiger partial charge is 0.392 e. The third-order valence-corrected chi connectivity index (χ3v) is 5.58. The molecule has 4 rings (SSSR count). The number of pyridine rings is 1. The predicted molar refractivity (Wildman–Crippen MR) is 91.1 cm³/mol. The molecule has 0 aliphatic carbocycles. The van der Waals surface area contributed by atoms with E-state index >= 15 is 0 Å². The molecule has 0 saturated carbocycles. The van der Waals surface area contributed by atoms with Gasteiger partial charge in [-0.25, -0.2) is 4.52 Å². The van der Waals surface area contributed by atoms with E-state index in [2.05, 4.69) is 10.4 Å². The Balaban J connectivity index is 1.67. The number of aromatic nitrogens is 2. The lowest BCUT2D eigenvalue weighted by Crippen LogP contribution is -2.62. The van der Waals surface area contributed by atoms with Crippen LogP contribution >= 0.6 is 0 Å². The molecule has 2 fully saturated rings. The fourth-order valence-electron chi connectivity index (χ4n) is 4.16. The molecular formula is C18H22N4O3. The lowest BCUT2D eigenvalue weighted by molar-refractivity contribution is -0.147. The van der Waals surface area contributed by atoms with Crippen LogP contribution in [0.3, 0.4) is 0 Å². The Morgan fingerprint density at radius 3 is 3.12 bits per heavy atom. The summed E-state index contributed by atoms with van der Waals surface area (Å²) in [7, 11) is 0. The van der Waals surface area contributed by atoms with E-state index < -0.39 is 11.5 Å². The van der Waals surface area contributed by atoms with E-state index in [1.165, 1.54) is 0 Å². The molecule has 1 spiro atoms. The van der Waals surface area contributed by atoms with Crippen molar-refractivity contribution in [2.45, 2.75) is 32.3 Å². The van der Waals surface area contributed by atoms with Crippen LogP contribution in [0, 0.1) is 12.3 Å². The minimum Gasteiger partial charge on any atom is -0.392 e. The summed E-state index contributed by atoms with van der Waals surface area (Å²) in [5, 5.41) is 17.6. The van der Waals surface area contributed by atoms with Crippen LogP contribution < -0.4 is 5.32 Å². The number of aliphatic hydroxyl groups excluding tert-OH is 1. The number of nitrogens with one attached hydrogen (secondary N) is 1. The zero-order valence-corrected chi connectivity index (χ0v) is 14.2. The molecule has 25 heavy (non-hydrogen) atoms. The lowest BCUT2D eigenvalue weighted by Gasteiger charge is -2.46. The van der Waals surface area contributed by atoms with Crippen molar-refractivity contribution >= 4 is 17.3 Å². The van der Waals surface area contributed by atoms with Crippen molar-refractivity contribution in [3.8, 4) is 0 Å². The van der Waals surface area contributed by atoms with Gasteiger partial charge in [-0.1, -0.05) is 6.07 Å². The van der Waals surface area contributed by atoms with E-state index in [-0.39, 0.29) is 18.4 Å². The normalized spacial score (nSPS) is 26.9. The topological polar surface area (TPSA) is 86.9 Å². The number of amides is 2. The summed E-state index contributed by atoms with van der Waals surface area (Å²) in [6.07, 6.45) is 4.54. The molecule has 7 nitrogen and oxygen atoms in total. The Morgan fingerprint density at radius 1 is 1.48 bits per heavy atom. The molecule has 2 aromatic rings. The molecule has 4 heterocycles. The summed E-state index contributed by atoms with van der Waals surface area (Å²) < 4.78 is 1.70. The van der Waals surface area contributed by atoms with Gasteiger partial charge in [0.15, 0.2) is 0 Å². The number of nitrogens with zero attached hydrogens (tertiary/aromatic N) is 3. The van der Waals surface area contributed by atoms with Crippen LogP contribution in [0.15, 0.2) is 24.5 Å². The molecule has 0 bridgehead atoms. The van der Waals surface area contributed by atoms with Gasteiger partial charge in [0.05, 0.1) is 28.8 Å². The van der Waals surface area contributed by atoms with Gasteiger partial charge in [0, 0.05) is 25.8 Å². The van der Waals surface area contributed by atoms with Gasteiger partial charge in [-0.2, -0.15) is 5.10 Å². The minimum atomic E-state index is -0.885. The van der Waals surface area contributed by atoms with Crippen LogP contribution in [-0.4, -0.2) is 57.2 Å². The van der Waals surface area contributed by atoms with Crippen LogP contribution in [0.5, 0.6) is 0 Å². The number of carbonyl (C=O) groups is 2. The summed E-state index contributed by atoms with van der Waals surface area (Å²) in [6, 6.07) is 3.84. The van der Waals surface area contributed by atoms with E-state index in [4.69, 9.17) is 0 Å². The second kappa shape index (κ2) is 5.84. The Labute approximate surface area is 145 Å². The van der Waals surface area contributed by atoms with Gasteiger partial charge < -0.3 is 15.3 Å².